The van der Waals surface area contributed by atoms with Gasteiger partial charge in [-0.25, -0.2) is 0 Å². The molecule has 4 heteroatoms. The summed E-state index contributed by atoms with van der Waals surface area (Å²) < 4.78 is 5.17. The number of hydrogen-bond donors (Lipinski definition) is 1. The van der Waals surface area contributed by atoms with E-state index in [0.29, 0.717) is 18.7 Å². The third-order valence-electron chi connectivity index (χ3n) is 4.27. The molecule has 4 nitrogen and oxygen atoms in total. The molecule has 20 heavy (non-hydrogen) atoms. The summed E-state index contributed by atoms with van der Waals surface area (Å²) in [6.07, 6.45) is 3.18. The Labute approximate surface area is 124 Å². The molecule has 0 aromatic heterocycles. The van der Waals surface area contributed by atoms with Crippen LogP contribution in [0, 0.1) is 5.41 Å². The van der Waals surface area contributed by atoms with Crippen LogP contribution in [0.4, 0.5) is 0 Å². The quantitative estimate of drug-likeness (QED) is 0.695. The van der Waals surface area contributed by atoms with E-state index in [-0.39, 0.29) is 17.4 Å². The summed E-state index contributed by atoms with van der Waals surface area (Å²) >= 11 is 0. The van der Waals surface area contributed by atoms with Crippen LogP contribution in [-0.2, 0) is 9.53 Å². The van der Waals surface area contributed by atoms with Crippen LogP contribution in [0.3, 0.4) is 0 Å². The van der Waals surface area contributed by atoms with E-state index in [2.05, 4.69) is 45.0 Å². The summed E-state index contributed by atoms with van der Waals surface area (Å²) in [6, 6.07) is 0.845. The van der Waals surface area contributed by atoms with Crippen molar-refractivity contribution in [1.82, 2.24) is 10.2 Å². The Balaban J connectivity index is 2.46. The predicted molar refractivity (Wildman–Crippen MR) is 82.7 cm³/mol. The number of hydrogen-bond acceptors (Lipinski definition) is 4. The first kappa shape index (κ1) is 17.4. The number of carbonyl (C=O) groups is 1. The van der Waals surface area contributed by atoms with Gasteiger partial charge in [-0.1, -0.05) is 20.8 Å². The largest absolute Gasteiger partial charge is 0.465 e. The minimum Gasteiger partial charge on any atom is -0.465 e. The van der Waals surface area contributed by atoms with Gasteiger partial charge in [-0.15, -0.1) is 0 Å². The van der Waals surface area contributed by atoms with Crippen LogP contribution in [0.15, 0.2) is 0 Å². The van der Waals surface area contributed by atoms with E-state index in [4.69, 9.17) is 4.74 Å². The second-order valence-electron chi connectivity index (χ2n) is 7.06. The lowest BCUT2D eigenvalue weighted by molar-refractivity contribution is -0.146. The monoisotopic (exact) mass is 284 g/mol. The second kappa shape index (κ2) is 7.41. The van der Waals surface area contributed by atoms with Crippen molar-refractivity contribution in [1.29, 1.82) is 0 Å². The molecule has 0 aliphatic heterocycles. The summed E-state index contributed by atoms with van der Waals surface area (Å²) in [5.74, 6) is -0.101. The van der Waals surface area contributed by atoms with Crippen molar-refractivity contribution in [3.8, 4) is 0 Å². The molecule has 2 atom stereocenters. The van der Waals surface area contributed by atoms with E-state index < -0.39 is 0 Å². The van der Waals surface area contributed by atoms with Crippen LogP contribution in [0.2, 0.25) is 0 Å². The molecule has 0 amide bonds. The van der Waals surface area contributed by atoms with Crippen LogP contribution in [-0.4, -0.2) is 49.2 Å². The Morgan fingerprint density at radius 2 is 2.00 bits per heavy atom. The van der Waals surface area contributed by atoms with E-state index in [9.17, 15) is 4.79 Å². The number of carbonyl (C=O) groups excluding carboxylic acids is 1. The van der Waals surface area contributed by atoms with Gasteiger partial charge >= 0.3 is 5.97 Å². The predicted octanol–water partition coefficient (Wildman–Crippen LogP) is 2.43. The smallest absolute Gasteiger partial charge is 0.323 e. The Morgan fingerprint density at radius 1 is 1.40 bits per heavy atom. The molecule has 0 bridgehead atoms. The highest BCUT2D eigenvalue weighted by atomic mass is 16.5. The Bertz CT molecular complexity index is 308. The third kappa shape index (κ3) is 5.80. The van der Waals surface area contributed by atoms with Crippen molar-refractivity contribution < 1.29 is 9.53 Å². The molecule has 1 aliphatic rings. The average molecular weight is 284 g/mol. The van der Waals surface area contributed by atoms with Gasteiger partial charge < -0.3 is 15.0 Å². The standard InChI is InChI=1S/C16H32N2O2/c1-7-20-15(19)14(17-13-8-9-13)10-11-18(6)12(2)16(3,4)5/h12-14,17H,7-11H2,1-6H3. The zero-order chi connectivity index (χ0) is 15.3. The normalized spacial score (nSPS) is 18.9. The SMILES string of the molecule is CCOC(=O)C(CCN(C)C(C)C(C)(C)C)NC1CC1. The number of ether oxygens (including phenoxy) is 1. The van der Waals surface area contributed by atoms with Gasteiger partial charge in [0.1, 0.15) is 6.04 Å². The molecular weight excluding hydrogens is 252 g/mol. The lowest BCUT2D eigenvalue weighted by atomic mass is 9.87. The molecule has 2 unspecified atom stereocenters. The average Bonchev–Trinajstić information content (AvgIpc) is 3.16. The van der Waals surface area contributed by atoms with Crippen LogP contribution in [0.5, 0.6) is 0 Å². The number of esters is 1. The summed E-state index contributed by atoms with van der Waals surface area (Å²) in [6.45, 7) is 12.2. The van der Waals surface area contributed by atoms with Gasteiger partial charge in [0.15, 0.2) is 0 Å². The first-order valence-corrected chi connectivity index (χ1v) is 7.88. The Hall–Kier alpha value is -0.610. The van der Waals surface area contributed by atoms with Gasteiger partial charge in [0.2, 0.25) is 0 Å². The van der Waals surface area contributed by atoms with Crippen LogP contribution in [0.1, 0.15) is 53.9 Å². The lowest BCUT2D eigenvalue weighted by Crippen LogP contribution is -2.45. The highest BCUT2D eigenvalue weighted by Gasteiger charge is 2.30. The summed E-state index contributed by atoms with van der Waals surface area (Å²) in [7, 11) is 2.13. The van der Waals surface area contributed by atoms with E-state index in [1.807, 2.05) is 6.92 Å². The molecule has 0 saturated heterocycles. The molecule has 0 radical (unpaired) electrons. The minimum atomic E-state index is -0.155. The number of nitrogens with one attached hydrogen (secondary N) is 1. The molecule has 1 saturated carbocycles. The van der Waals surface area contributed by atoms with Gasteiger partial charge in [0.05, 0.1) is 6.61 Å². The number of nitrogens with zero attached hydrogens (tertiary/aromatic N) is 1. The van der Waals surface area contributed by atoms with E-state index >= 15 is 0 Å². The maximum absolute atomic E-state index is 12.0. The van der Waals surface area contributed by atoms with E-state index in [1.54, 1.807) is 0 Å². The maximum Gasteiger partial charge on any atom is 0.323 e. The molecule has 0 spiro atoms. The Morgan fingerprint density at radius 3 is 2.45 bits per heavy atom. The van der Waals surface area contributed by atoms with Gasteiger partial charge in [-0.3, -0.25) is 4.79 Å². The highest BCUT2D eigenvalue weighted by Crippen LogP contribution is 2.24. The van der Waals surface area contributed by atoms with Gasteiger partial charge in [0, 0.05) is 18.6 Å². The zero-order valence-corrected chi connectivity index (χ0v) is 14.0. The zero-order valence-electron chi connectivity index (χ0n) is 14.0. The molecule has 1 N–H and O–H groups in total. The topological polar surface area (TPSA) is 41.6 Å². The van der Waals surface area contributed by atoms with Crippen molar-refractivity contribution in [2.45, 2.75) is 72.0 Å². The van der Waals surface area contributed by atoms with Crippen molar-refractivity contribution >= 4 is 5.97 Å². The molecule has 118 valence electrons. The molecule has 0 aromatic rings. The summed E-state index contributed by atoms with van der Waals surface area (Å²) in [5.41, 5.74) is 0.248. The van der Waals surface area contributed by atoms with Crippen molar-refractivity contribution in [3.05, 3.63) is 0 Å². The summed E-state index contributed by atoms with van der Waals surface area (Å²) in [4.78, 5) is 14.3. The first-order valence-electron chi connectivity index (χ1n) is 7.88. The number of rotatable bonds is 8. The maximum atomic E-state index is 12.0. The van der Waals surface area contributed by atoms with E-state index in [1.165, 1.54) is 12.8 Å². The minimum absolute atomic E-state index is 0.101. The fourth-order valence-corrected chi connectivity index (χ4v) is 2.23. The van der Waals surface area contributed by atoms with Gasteiger partial charge in [0.25, 0.3) is 0 Å². The molecule has 1 rings (SSSR count). The first-order chi connectivity index (χ1) is 9.25. The van der Waals surface area contributed by atoms with Crippen LogP contribution in [0.25, 0.3) is 0 Å². The third-order valence-corrected chi connectivity index (χ3v) is 4.27. The van der Waals surface area contributed by atoms with Crippen molar-refractivity contribution in [2.24, 2.45) is 5.41 Å². The van der Waals surface area contributed by atoms with Crippen molar-refractivity contribution in [2.75, 3.05) is 20.2 Å². The van der Waals surface area contributed by atoms with Gasteiger partial charge in [-0.05, 0) is 45.6 Å². The van der Waals surface area contributed by atoms with Crippen LogP contribution < -0.4 is 5.32 Å². The van der Waals surface area contributed by atoms with Crippen LogP contribution >= 0.6 is 0 Å². The van der Waals surface area contributed by atoms with E-state index in [0.717, 1.165) is 13.0 Å². The molecular formula is C16H32N2O2. The highest BCUT2D eigenvalue weighted by molar-refractivity contribution is 5.75. The molecule has 0 heterocycles. The summed E-state index contributed by atoms with van der Waals surface area (Å²) in [5, 5.41) is 3.41. The molecule has 1 aliphatic carbocycles. The Kier molecular flexibility index (Phi) is 6.46. The fraction of sp³-hybridized carbons (Fsp3) is 0.938. The fourth-order valence-electron chi connectivity index (χ4n) is 2.23. The molecule has 1 fully saturated rings. The van der Waals surface area contributed by atoms with Crippen molar-refractivity contribution in [3.63, 3.8) is 0 Å². The second-order valence-corrected chi connectivity index (χ2v) is 7.06. The van der Waals surface area contributed by atoms with Gasteiger partial charge in [-0.2, -0.15) is 0 Å². The lowest BCUT2D eigenvalue weighted by Gasteiger charge is -2.36. The molecule has 0 aromatic carbocycles.